The molecule has 0 radical (unpaired) electrons. The monoisotopic (exact) mass is 520 g/mol. The first-order valence-electron chi connectivity index (χ1n) is 13.4. The number of nitrogens with zero attached hydrogens (tertiary/aromatic N) is 5. The van der Waals surface area contributed by atoms with E-state index in [0.717, 1.165) is 66.0 Å². The van der Waals surface area contributed by atoms with Crippen LogP contribution in [0.1, 0.15) is 73.0 Å². The predicted octanol–water partition coefficient (Wildman–Crippen LogP) is 5.38. The molecule has 4 aromatic rings. The Morgan fingerprint density at radius 2 is 1.92 bits per heavy atom. The molecule has 0 saturated carbocycles. The van der Waals surface area contributed by atoms with Crippen molar-refractivity contribution in [1.29, 1.82) is 0 Å². The number of fused-ring (bicyclic) bond motifs is 1. The highest BCUT2D eigenvalue weighted by atomic mass is 16.2. The summed E-state index contributed by atoms with van der Waals surface area (Å²) in [7, 11) is 0. The van der Waals surface area contributed by atoms with Crippen LogP contribution in [0.15, 0.2) is 55.0 Å². The molecule has 1 fully saturated rings. The second kappa shape index (κ2) is 11.5. The summed E-state index contributed by atoms with van der Waals surface area (Å²) >= 11 is 0. The molecule has 0 spiro atoms. The number of benzene rings is 1. The van der Waals surface area contributed by atoms with Crippen molar-refractivity contribution in [1.82, 2.24) is 24.3 Å². The number of piperidine rings is 1. The summed E-state index contributed by atoms with van der Waals surface area (Å²) in [6.07, 6.45) is 10.1. The lowest BCUT2D eigenvalue weighted by Crippen LogP contribution is -2.38. The number of imidazole rings is 1. The number of pyridine rings is 1. The fraction of sp³-hybridized carbons (Fsp3) is 0.323. The molecule has 1 N–H and O–H groups in total. The zero-order chi connectivity index (χ0) is 27.4. The van der Waals surface area contributed by atoms with Crippen LogP contribution in [0.25, 0.3) is 16.8 Å². The summed E-state index contributed by atoms with van der Waals surface area (Å²) in [6.45, 7) is 6.42. The first-order valence-corrected chi connectivity index (χ1v) is 13.4. The molecule has 1 saturated heterocycles. The van der Waals surface area contributed by atoms with Gasteiger partial charge in [0, 0.05) is 36.3 Å². The fourth-order valence-electron chi connectivity index (χ4n) is 5.23. The van der Waals surface area contributed by atoms with Crippen LogP contribution in [0, 0.1) is 18.8 Å². The number of nitrogens with one attached hydrogen (secondary N) is 1. The van der Waals surface area contributed by atoms with Gasteiger partial charge in [-0.1, -0.05) is 31.4 Å². The molecule has 0 aliphatic carbocycles. The van der Waals surface area contributed by atoms with Gasteiger partial charge in [-0.05, 0) is 75.3 Å². The minimum Gasteiger partial charge on any atom is -0.322 e. The lowest BCUT2D eigenvalue weighted by atomic mass is 10.0. The smallest absolute Gasteiger partial charge is 0.299 e. The van der Waals surface area contributed by atoms with Gasteiger partial charge in [0.2, 0.25) is 0 Å². The molecule has 1 aliphatic heterocycles. The molecule has 0 bridgehead atoms. The maximum atomic E-state index is 12.9. The van der Waals surface area contributed by atoms with Crippen molar-refractivity contribution in [2.45, 2.75) is 58.9 Å². The lowest BCUT2D eigenvalue weighted by molar-refractivity contribution is -0.129. The quantitative estimate of drug-likeness (QED) is 0.345. The van der Waals surface area contributed by atoms with Gasteiger partial charge in [0.05, 0.1) is 22.9 Å². The van der Waals surface area contributed by atoms with E-state index in [1.807, 2.05) is 46.7 Å². The van der Waals surface area contributed by atoms with E-state index in [0.29, 0.717) is 17.9 Å². The molecule has 8 nitrogen and oxygen atoms in total. The number of hydrogen-bond acceptors (Lipinski definition) is 5. The molecule has 198 valence electrons. The Kier molecular flexibility index (Phi) is 7.69. The summed E-state index contributed by atoms with van der Waals surface area (Å²) < 4.78 is 2.04. The molecule has 2 amide bonds. The normalized spacial score (nSPS) is 15.1. The predicted molar refractivity (Wildman–Crippen MR) is 151 cm³/mol. The first-order chi connectivity index (χ1) is 19.0. The van der Waals surface area contributed by atoms with Crippen LogP contribution in [0.3, 0.4) is 0 Å². The Hall–Kier alpha value is -4.51. The average molecular weight is 521 g/mol. The molecule has 8 heteroatoms. The molecular weight excluding hydrogens is 488 g/mol. The summed E-state index contributed by atoms with van der Waals surface area (Å²) in [5.41, 5.74) is 5.05. The molecule has 1 aromatic carbocycles. The third-order valence-electron chi connectivity index (χ3n) is 7.08. The van der Waals surface area contributed by atoms with Crippen LogP contribution in [0.4, 0.5) is 5.82 Å². The van der Waals surface area contributed by atoms with Crippen molar-refractivity contribution in [3.8, 4) is 23.1 Å². The topological polar surface area (TPSA) is 92.5 Å². The molecule has 39 heavy (non-hydrogen) atoms. The van der Waals surface area contributed by atoms with Gasteiger partial charge in [0.25, 0.3) is 11.8 Å². The standard InChI is InChI=1S/C31H32N6O2/c1-4-8-22-15-16-33-26(20-22)34-31(39)24-13-11-23(12-14-24)28-29-21(3)32-17-19-37(29)30(35-28)25-10-6-7-18-36(25)27(38)9-5-2/h11-17,19-20,25H,4,6-8,10,18H2,1-3H3,(H,33,34,39)/t25-/m0/s1. The third-order valence-corrected chi connectivity index (χ3v) is 7.08. The van der Waals surface area contributed by atoms with Crippen molar-refractivity contribution in [2.24, 2.45) is 0 Å². The van der Waals surface area contributed by atoms with Crippen molar-refractivity contribution in [3.63, 3.8) is 0 Å². The van der Waals surface area contributed by atoms with E-state index < -0.39 is 0 Å². The van der Waals surface area contributed by atoms with Gasteiger partial charge in [-0.15, -0.1) is 0 Å². The van der Waals surface area contributed by atoms with E-state index in [-0.39, 0.29) is 17.9 Å². The summed E-state index contributed by atoms with van der Waals surface area (Å²) in [5, 5.41) is 2.90. The van der Waals surface area contributed by atoms with Crippen molar-refractivity contribution < 1.29 is 9.59 Å². The molecule has 4 heterocycles. The third kappa shape index (κ3) is 5.39. The highest BCUT2D eigenvalue weighted by molar-refractivity contribution is 6.04. The van der Waals surface area contributed by atoms with E-state index in [1.165, 1.54) is 0 Å². The molecule has 5 rings (SSSR count). The van der Waals surface area contributed by atoms with Crippen LogP contribution >= 0.6 is 0 Å². The molecule has 0 unspecified atom stereocenters. The number of aromatic nitrogens is 4. The van der Waals surface area contributed by atoms with Gasteiger partial charge < -0.3 is 10.2 Å². The highest BCUT2D eigenvalue weighted by Gasteiger charge is 2.31. The number of rotatable bonds is 6. The van der Waals surface area contributed by atoms with E-state index in [9.17, 15) is 9.59 Å². The van der Waals surface area contributed by atoms with Gasteiger partial charge in [-0.25, -0.2) is 9.97 Å². The minimum absolute atomic E-state index is 0.170. The number of anilines is 1. The Labute approximate surface area is 228 Å². The maximum Gasteiger partial charge on any atom is 0.299 e. The number of carbonyl (C=O) groups is 2. The van der Waals surface area contributed by atoms with Crippen LogP contribution in [0.2, 0.25) is 0 Å². The SMILES string of the molecule is CC#CC(=O)N1CCCC[C@H]1c1nc(-c2ccc(C(=O)Nc3cc(CCC)ccn3)cc2)c2c(C)nccn12. The van der Waals surface area contributed by atoms with Crippen molar-refractivity contribution in [2.75, 3.05) is 11.9 Å². The van der Waals surface area contributed by atoms with Crippen molar-refractivity contribution in [3.05, 3.63) is 77.6 Å². The Morgan fingerprint density at radius 3 is 2.69 bits per heavy atom. The van der Waals surface area contributed by atoms with Gasteiger partial charge in [0.15, 0.2) is 0 Å². The van der Waals surface area contributed by atoms with Crippen LogP contribution < -0.4 is 5.32 Å². The average Bonchev–Trinajstić information content (AvgIpc) is 3.34. The van der Waals surface area contributed by atoms with E-state index in [2.05, 4.69) is 34.0 Å². The number of carbonyl (C=O) groups excluding carboxylic acids is 2. The van der Waals surface area contributed by atoms with E-state index >= 15 is 0 Å². The Balaban J connectivity index is 1.47. The molecular formula is C31H32N6O2. The highest BCUT2D eigenvalue weighted by Crippen LogP contribution is 2.35. The lowest BCUT2D eigenvalue weighted by Gasteiger charge is -2.33. The maximum absolute atomic E-state index is 12.9. The van der Waals surface area contributed by atoms with Gasteiger partial charge >= 0.3 is 0 Å². The van der Waals surface area contributed by atoms with Crippen LogP contribution in [0.5, 0.6) is 0 Å². The molecule has 1 aliphatic rings. The second-order valence-corrected chi connectivity index (χ2v) is 9.77. The second-order valence-electron chi connectivity index (χ2n) is 9.77. The van der Waals surface area contributed by atoms with Crippen LogP contribution in [-0.4, -0.2) is 42.6 Å². The zero-order valence-corrected chi connectivity index (χ0v) is 22.6. The van der Waals surface area contributed by atoms with Gasteiger partial charge in [0.1, 0.15) is 11.6 Å². The molecule has 1 atom stereocenters. The Bertz CT molecular complexity index is 1580. The summed E-state index contributed by atoms with van der Waals surface area (Å²) in [5.74, 6) is 6.39. The summed E-state index contributed by atoms with van der Waals surface area (Å²) in [4.78, 5) is 41.5. The van der Waals surface area contributed by atoms with E-state index in [1.54, 1.807) is 31.5 Å². The van der Waals surface area contributed by atoms with Gasteiger partial charge in [-0.3, -0.25) is 19.0 Å². The Morgan fingerprint density at radius 1 is 1.10 bits per heavy atom. The fourth-order valence-corrected chi connectivity index (χ4v) is 5.23. The number of aryl methyl sites for hydroxylation is 2. The van der Waals surface area contributed by atoms with E-state index in [4.69, 9.17) is 4.98 Å². The van der Waals surface area contributed by atoms with Gasteiger partial charge in [-0.2, -0.15) is 0 Å². The largest absolute Gasteiger partial charge is 0.322 e. The number of amides is 2. The molecule has 3 aromatic heterocycles. The summed E-state index contributed by atoms with van der Waals surface area (Å²) in [6, 6.07) is 11.1. The number of likely N-dealkylation sites (tertiary alicyclic amines) is 1. The zero-order valence-electron chi connectivity index (χ0n) is 22.6. The van der Waals surface area contributed by atoms with Crippen molar-refractivity contribution >= 4 is 23.1 Å². The number of hydrogen-bond donors (Lipinski definition) is 1. The first kappa shape index (κ1) is 26.1. The van der Waals surface area contributed by atoms with Crippen LogP contribution in [-0.2, 0) is 11.2 Å². The minimum atomic E-state index is -0.218.